The highest BCUT2D eigenvalue weighted by Crippen LogP contribution is 2.39. The lowest BCUT2D eigenvalue weighted by atomic mass is 9.95. The van der Waals surface area contributed by atoms with E-state index >= 15 is 0 Å². The van der Waals surface area contributed by atoms with Crippen molar-refractivity contribution in [3.8, 4) is 0 Å². The minimum atomic E-state index is -0.664. The second-order valence-corrected chi connectivity index (χ2v) is 9.76. The average molecular weight is 493 g/mol. The maximum absolute atomic E-state index is 14.0. The molecule has 1 N–H and O–H groups in total. The average Bonchev–Trinajstić information content (AvgIpc) is 3.23. The largest absolute Gasteiger partial charge is 0.341 e. The molecule has 0 radical (unpaired) electrons. The molecule has 0 unspecified atom stereocenters. The summed E-state index contributed by atoms with van der Waals surface area (Å²) in [6.07, 6.45) is 3.48. The summed E-state index contributed by atoms with van der Waals surface area (Å²) in [7, 11) is 1.66. The molecule has 0 saturated carbocycles. The van der Waals surface area contributed by atoms with E-state index in [0.717, 1.165) is 24.8 Å². The maximum atomic E-state index is 14.0. The number of piperidine rings is 1. The molecule has 0 bridgehead atoms. The number of halogens is 1. The zero-order chi connectivity index (χ0) is 24.5. The summed E-state index contributed by atoms with van der Waals surface area (Å²) in [5, 5.41) is 3.41. The van der Waals surface area contributed by atoms with Crippen molar-refractivity contribution in [2.45, 2.75) is 37.8 Å². The highest BCUT2D eigenvalue weighted by atomic mass is 35.5. The monoisotopic (exact) mass is 492 g/mol. The van der Waals surface area contributed by atoms with E-state index in [1.807, 2.05) is 53.4 Å². The molecule has 0 aromatic heterocycles. The van der Waals surface area contributed by atoms with Gasteiger partial charge >= 0.3 is 6.03 Å². The Morgan fingerprint density at radius 3 is 2.43 bits per heavy atom. The van der Waals surface area contributed by atoms with Crippen LogP contribution in [-0.4, -0.2) is 65.3 Å². The Labute approximate surface area is 210 Å². The molecule has 3 aliphatic heterocycles. The van der Waals surface area contributed by atoms with Crippen molar-refractivity contribution in [2.75, 3.05) is 26.7 Å². The fraction of sp³-hybridized carbons (Fsp3) is 0.370. The van der Waals surface area contributed by atoms with Crippen LogP contribution in [0, 0.1) is 0 Å². The van der Waals surface area contributed by atoms with Crippen LogP contribution < -0.4 is 5.32 Å². The van der Waals surface area contributed by atoms with Crippen LogP contribution in [0.3, 0.4) is 0 Å². The van der Waals surface area contributed by atoms with Gasteiger partial charge in [0.15, 0.2) is 0 Å². The molecule has 0 aliphatic carbocycles. The van der Waals surface area contributed by atoms with Gasteiger partial charge in [0.05, 0.1) is 23.9 Å². The van der Waals surface area contributed by atoms with E-state index in [-0.39, 0.29) is 24.4 Å². The van der Waals surface area contributed by atoms with E-state index < -0.39 is 12.1 Å². The molecule has 2 aromatic rings. The molecule has 3 heterocycles. The predicted molar refractivity (Wildman–Crippen MR) is 134 cm³/mol. The number of urea groups is 1. The number of likely N-dealkylation sites (N-methyl/N-ethyl adjacent to an activating group) is 1. The van der Waals surface area contributed by atoms with E-state index in [9.17, 15) is 14.4 Å². The number of amides is 4. The molecule has 4 amide bonds. The summed E-state index contributed by atoms with van der Waals surface area (Å²) in [6.45, 7) is 1.62. The number of hydrogen-bond donors (Lipinski definition) is 1. The molecular formula is C27H29ClN4O3. The van der Waals surface area contributed by atoms with E-state index in [2.05, 4.69) is 5.32 Å². The number of nitrogens with zero attached hydrogens (tertiary/aromatic N) is 3. The van der Waals surface area contributed by atoms with Gasteiger partial charge in [0, 0.05) is 31.6 Å². The third-order valence-electron chi connectivity index (χ3n) is 7.21. The van der Waals surface area contributed by atoms with Crippen LogP contribution in [0.5, 0.6) is 0 Å². The van der Waals surface area contributed by atoms with Crippen LogP contribution in [0.15, 0.2) is 65.9 Å². The molecule has 0 spiro atoms. The van der Waals surface area contributed by atoms with Crippen molar-refractivity contribution in [3.63, 3.8) is 0 Å². The quantitative estimate of drug-likeness (QED) is 0.690. The van der Waals surface area contributed by atoms with Crippen LogP contribution in [0.4, 0.5) is 4.79 Å². The van der Waals surface area contributed by atoms with E-state index in [0.29, 0.717) is 41.4 Å². The summed E-state index contributed by atoms with van der Waals surface area (Å²) in [6, 6.07) is 15.4. The van der Waals surface area contributed by atoms with Gasteiger partial charge in [-0.3, -0.25) is 14.5 Å². The van der Waals surface area contributed by atoms with Crippen molar-refractivity contribution in [1.82, 2.24) is 20.0 Å². The van der Waals surface area contributed by atoms with Gasteiger partial charge in [-0.25, -0.2) is 4.79 Å². The number of hydrogen-bond acceptors (Lipinski definition) is 3. The van der Waals surface area contributed by atoms with Gasteiger partial charge in [-0.1, -0.05) is 60.1 Å². The first-order valence-electron chi connectivity index (χ1n) is 12.1. The van der Waals surface area contributed by atoms with E-state index in [1.54, 1.807) is 18.0 Å². The van der Waals surface area contributed by atoms with Crippen LogP contribution >= 0.6 is 11.6 Å². The van der Waals surface area contributed by atoms with E-state index in [1.165, 1.54) is 4.90 Å². The molecule has 1 saturated heterocycles. The van der Waals surface area contributed by atoms with E-state index in [4.69, 9.17) is 11.6 Å². The first kappa shape index (κ1) is 23.4. The molecule has 35 heavy (non-hydrogen) atoms. The summed E-state index contributed by atoms with van der Waals surface area (Å²) in [5.41, 5.74) is 2.75. The first-order valence-corrected chi connectivity index (χ1v) is 12.5. The van der Waals surface area contributed by atoms with Gasteiger partial charge in [0.2, 0.25) is 5.91 Å². The number of carbonyl (C=O) groups is 3. The molecule has 182 valence electrons. The van der Waals surface area contributed by atoms with Gasteiger partial charge in [0.25, 0.3) is 5.91 Å². The number of nitrogens with one attached hydrogen (secondary N) is 1. The second kappa shape index (κ2) is 9.74. The maximum Gasteiger partial charge on any atom is 0.322 e. The Balaban J connectivity index is 1.51. The van der Waals surface area contributed by atoms with Gasteiger partial charge in [-0.15, -0.1) is 0 Å². The van der Waals surface area contributed by atoms with Crippen LogP contribution in [0.1, 0.15) is 36.4 Å². The van der Waals surface area contributed by atoms with Crippen LogP contribution in [0.25, 0.3) is 0 Å². The zero-order valence-electron chi connectivity index (χ0n) is 19.7. The summed E-state index contributed by atoms with van der Waals surface area (Å²) in [5.74, 6) is -0.263. The third-order valence-corrected chi connectivity index (χ3v) is 7.55. The first-order chi connectivity index (χ1) is 17.0. The Kier molecular flexibility index (Phi) is 6.52. The van der Waals surface area contributed by atoms with Crippen molar-refractivity contribution in [3.05, 3.63) is 82.0 Å². The fourth-order valence-corrected chi connectivity index (χ4v) is 5.52. The summed E-state index contributed by atoms with van der Waals surface area (Å²) < 4.78 is 0. The Morgan fingerprint density at radius 1 is 1.03 bits per heavy atom. The molecular weight excluding hydrogens is 464 g/mol. The van der Waals surface area contributed by atoms with Gasteiger partial charge < -0.3 is 15.1 Å². The normalized spacial score (nSPS) is 21.2. The number of carbonyl (C=O) groups excluding carboxylic acids is 3. The minimum absolute atomic E-state index is 0.0296. The van der Waals surface area contributed by atoms with Gasteiger partial charge in [-0.05, 0) is 36.5 Å². The van der Waals surface area contributed by atoms with Gasteiger partial charge in [0.1, 0.15) is 6.04 Å². The Hall–Kier alpha value is -3.32. The SMILES string of the molecule is CN1C(=O)N[C@@H](c2ccccc2Cl)C2=C1CN([C@H](Cc1ccccc1)C(=O)N1CCCCC1)C2=O. The highest BCUT2D eigenvalue weighted by molar-refractivity contribution is 6.31. The molecule has 3 aliphatic rings. The standard InChI is InChI=1S/C27H29ClN4O3/c1-30-22-17-32(26(34)23(22)24(29-27(30)35)19-12-6-7-13-20(19)28)21(16-18-10-4-2-5-11-18)25(33)31-14-8-3-9-15-31/h2,4-7,10-13,21,24H,3,8-9,14-17H2,1H3,(H,29,35)/t21-,24+/m1/s1. The number of rotatable bonds is 5. The number of likely N-dealkylation sites (tertiary alicyclic amines) is 1. The third kappa shape index (κ3) is 4.41. The zero-order valence-corrected chi connectivity index (χ0v) is 20.5. The Morgan fingerprint density at radius 2 is 1.71 bits per heavy atom. The predicted octanol–water partition coefficient (Wildman–Crippen LogP) is 3.76. The lowest BCUT2D eigenvalue weighted by Gasteiger charge is -2.35. The minimum Gasteiger partial charge on any atom is -0.341 e. The van der Waals surface area contributed by atoms with Crippen molar-refractivity contribution >= 4 is 29.4 Å². The molecule has 5 rings (SSSR count). The summed E-state index contributed by atoms with van der Waals surface area (Å²) >= 11 is 6.46. The molecule has 7 nitrogen and oxygen atoms in total. The van der Waals surface area contributed by atoms with Crippen molar-refractivity contribution in [1.29, 1.82) is 0 Å². The number of benzene rings is 2. The van der Waals surface area contributed by atoms with Crippen molar-refractivity contribution in [2.24, 2.45) is 0 Å². The Bertz CT molecular complexity index is 1180. The smallest absolute Gasteiger partial charge is 0.322 e. The highest BCUT2D eigenvalue weighted by Gasteiger charge is 2.47. The van der Waals surface area contributed by atoms with Crippen molar-refractivity contribution < 1.29 is 14.4 Å². The topological polar surface area (TPSA) is 73.0 Å². The summed E-state index contributed by atoms with van der Waals surface area (Å²) in [4.78, 5) is 45.6. The molecule has 8 heteroatoms. The molecule has 1 fully saturated rings. The lowest BCUT2D eigenvalue weighted by molar-refractivity contribution is -0.143. The molecule has 2 atom stereocenters. The van der Waals surface area contributed by atoms with Gasteiger partial charge in [-0.2, -0.15) is 0 Å². The lowest BCUT2D eigenvalue weighted by Crippen LogP contribution is -2.52. The molecule has 2 aromatic carbocycles. The van der Waals surface area contributed by atoms with Crippen LogP contribution in [0.2, 0.25) is 5.02 Å². The van der Waals surface area contributed by atoms with Crippen LogP contribution in [-0.2, 0) is 16.0 Å². The second-order valence-electron chi connectivity index (χ2n) is 9.35. The fourth-order valence-electron chi connectivity index (χ4n) is 5.28.